The smallest absolute Gasteiger partial charge is 0.187 e. The number of benzene rings is 2. The van der Waals surface area contributed by atoms with Gasteiger partial charge in [-0.25, -0.2) is 4.39 Å². The fraction of sp³-hybridized carbons (Fsp3) is 0.200. The van der Waals surface area contributed by atoms with E-state index < -0.39 is 0 Å². The lowest BCUT2D eigenvalue weighted by atomic mass is 9.85. The van der Waals surface area contributed by atoms with E-state index in [4.69, 9.17) is 5.26 Å². The van der Waals surface area contributed by atoms with Crippen molar-refractivity contribution in [1.82, 2.24) is 5.32 Å². The fourth-order valence-corrected chi connectivity index (χ4v) is 2.96. The molecule has 0 amide bonds. The number of nitrogens with zero attached hydrogens (tertiary/aromatic N) is 1. The van der Waals surface area contributed by atoms with Crippen LogP contribution in [0.2, 0.25) is 0 Å². The first-order valence-corrected chi connectivity index (χ1v) is 7.71. The molecule has 0 saturated carbocycles. The van der Waals surface area contributed by atoms with Crippen LogP contribution in [0.25, 0.3) is 5.70 Å². The standard InChI is InChI=1S/C20H17FN2O/c1-20(2)11-15-9-16(21)7-8-17(15)18(23-20)10-19(24)14-5-3-13(12-22)4-6-14/h3-10,23H,11H2,1-2H3/b18-10-. The van der Waals surface area contributed by atoms with E-state index in [1.807, 2.05) is 19.9 Å². The maximum atomic E-state index is 13.5. The van der Waals surface area contributed by atoms with Gasteiger partial charge in [-0.3, -0.25) is 4.79 Å². The predicted octanol–water partition coefficient (Wildman–Crippen LogP) is 3.85. The molecular weight excluding hydrogens is 303 g/mol. The van der Waals surface area contributed by atoms with Crippen LogP contribution in [0.5, 0.6) is 0 Å². The average molecular weight is 320 g/mol. The predicted molar refractivity (Wildman–Crippen MR) is 90.8 cm³/mol. The molecule has 0 unspecified atom stereocenters. The van der Waals surface area contributed by atoms with Crippen molar-refractivity contribution in [1.29, 1.82) is 5.26 Å². The quantitative estimate of drug-likeness (QED) is 0.675. The van der Waals surface area contributed by atoms with Gasteiger partial charge in [-0.05, 0) is 68.3 Å². The van der Waals surface area contributed by atoms with Crippen LogP contribution in [0.4, 0.5) is 4.39 Å². The van der Waals surface area contributed by atoms with Crippen molar-refractivity contribution >= 4 is 11.5 Å². The molecule has 2 aromatic carbocycles. The van der Waals surface area contributed by atoms with Crippen molar-refractivity contribution in [3.63, 3.8) is 0 Å². The van der Waals surface area contributed by atoms with Gasteiger partial charge in [-0.1, -0.05) is 0 Å². The zero-order valence-electron chi connectivity index (χ0n) is 13.6. The monoisotopic (exact) mass is 320 g/mol. The Kier molecular flexibility index (Phi) is 3.94. The highest BCUT2D eigenvalue weighted by Gasteiger charge is 2.28. The van der Waals surface area contributed by atoms with Gasteiger partial charge in [-0.2, -0.15) is 5.26 Å². The van der Waals surface area contributed by atoms with E-state index >= 15 is 0 Å². The Hall–Kier alpha value is -2.93. The summed E-state index contributed by atoms with van der Waals surface area (Å²) in [4.78, 5) is 12.5. The van der Waals surface area contributed by atoms with E-state index in [9.17, 15) is 9.18 Å². The molecule has 0 bridgehead atoms. The summed E-state index contributed by atoms with van der Waals surface area (Å²) in [7, 11) is 0. The van der Waals surface area contributed by atoms with Gasteiger partial charge in [0.25, 0.3) is 0 Å². The molecule has 1 heterocycles. The van der Waals surface area contributed by atoms with Gasteiger partial charge in [0, 0.05) is 28.4 Å². The van der Waals surface area contributed by atoms with Crippen molar-refractivity contribution in [3.05, 3.63) is 76.6 Å². The molecule has 0 aliphatic carbocycles. The van der Waals surface area contributed by atoms with Gasteiger partial charge in [0.05, 0.1) is 11.6 Å². The summed E-state index contributed by atoms with van der Waals surface area (Å²) in [5.41, 5.74) is 3.18. The Labute approximate surface area is 140 Å². The lowest BCUT2D eigenvalue weighted by Crippen LogP contribution is -2.43. The minimum atomic E-state index is -0.274. The number of hydrogen-bond acceptors (Lipinski definition) is 3. The summed E-state index contributed by atoms with van der Waals surface area (Å²) in [5.74, 6) is -0.431. The summed E-state index contributed by atoms with van der Waals surface area (Å²) in [5, 5.41) is 12.2. The van der Waals surface area contributed by atoms with Gasteiger partial charge in [-0.15, -0.1) is 0 Å². The largest absolute Gasteiger partial charge is 0.379 e. The van der Waals surface area contributed by atoms with Crippen molar-refractivity contribution in [2.75, 3.05) is 0 Å². The molecule has 1 aliphatic heterocycles. The zero-order valence-corrected chi connectivity index (χ0v) is 13.6. The van der Waals surface area contributed by atoms with Crippen LogP contribution in [0.1, 0.15) is 40.9 Å². The molecule has 2 aromatic rings. The lowest BCUT2D eigenvalue weighted by molar-refractivity contribution is 0.104. The van der Waals surface area contributed by atoms with Crippen LogP contribution in [-0.2, 0) is 6.42 Å². The van der Waals surface area contributed by atoms with Crippen LogP contribution in [0, 0.1) is 17.1 Å². The first-order chi connectivity index (χ1) is 11.4. The zero-order chi connectivity index (χ0) is 17.3. The van der Waals surface area contributed by atoms with Gasteiger partial charge in [0.15, 0.2) is 5.78 Å². The molecule has 0 saturated heterocycles. The fourth-order valence-electron chi connectivity index (χ4n) is 2.96. The number of ketones is 1. The molecule has 3 nitrogen and oxygen atoms in total. The van der Waals surface area contributed by atoms with E-state index in [1.165, 1.54) is 12.1 Å². The summed E-state index contributed by atoms with van der Waals surface area (Å²) < 4.78 is 13.5. The Bertz CT molecular complexity index is 874. The number of nitrogens with one attached hydrogen (secondary N) is 1. The number of halogens is 1. The maximum absolute atomic E-state index is 13.5. The Balaban J connectivity index is 1.99. The molecule has 24 heavy (non-hydrogen) atoms. The third-order valence-electron chi connectivity index (χ3n) is 4.04. The van der Waals surface area contributed by atoms with Crippen LogP contribution in [0.15, 0.2) is 48.5 Å². The van der Waals surface area contributed by atoms with E-state index in [1.54, 1.807) is 36.4 Å². The first-order valence-electron chi connectivity index (χ1n) is 7.71. The average Bonchev–Trinajstić information content (AvgIpc) is 2.53. The minimum Gasteiger partial charge on any atom is -0.379 e. The van der Waals surface area contributed by atoms with E-state index in [2.05, 4.69) is 5.32 Å². The minimum absolute atomic E-state index is 0.157. The number of fused-ring (bicyclic) bond motifs is 1. The van der Waals surface area contributed by atoms with Crippen molar-refractivity contribution < 1.29 is 9.18 Å². The normalized spacial score (nSPS) is 16.8. The molecule has 1 aliphatic rings. The Morgan fingerprint density at radius 3 is 2.62 bits per heavy atom. The molecule has 0 radical (unpaired) electrons. The Morgan fingerprint density at radius 1 is 1.25 bits per heavy atom. The topological polar surface area (TPSA) is 52.9 Å². The lowest BCUT2D eigenvalue weighted by Gasteiger charge is -2.35. The second kappa shape index (κ2) is 5.93. The number of carbonyl (C=O) groups excluding carboxylic acids is 1. The molecule has 0 aromatic heterocycles. The van der Waals surface area contributed by atoms with Crippen LogP contribution in [-0.4, -0.2) is 11.3 Å². The van der Waals surface area contributed by atoms with Gasteiger partial charge in [0.2, 0.25) is 0 Å². The van der Waals surface area contributed by atoms with Crippen LogP contribution in [0.3, 0.4) is 0 Å². The number of hydrogen-bond donors (Lipinski definition) is 1. The van der Waals surface area contributed by atoms with E-state index in [0.29, 0.717) is 23.2 Å². The van der Waals surface area contributed by atoms with Crippen LogP contribution >= 0.6 is 0 Å². The molecule has 0 fully saturated rings. The second-order valence-electron chi connectivity index (χ2n) is 6.60. The summed E-state index contributed by atoms with van der Waals surface area (Å²) in [6.07, 6.45) is 2.22. The van der Waals surface area contributed by atoms with E-state index in [-0.39, 0.29) is 17.1 Å². The third kappa shape index (κ3) is 3.21. The molecular formula is C20H17FN2O. The van der Waals surface area contributed by atoms with Crippen molar-refractivity contribution in [2.24, 2.45) is 0 Å². The Morgan fingerprint density at radius 2 is 1.96 bits per heavy atom. The third-order valence-corrected chi connectivity index (χ3v) is 4.04. The second-order valence-corrected chi connectivity index (χ2v) is 6.60. The van der Waals surface area contributed by atoms with Crippen molar-refractivity contribution in [3.8, 4) is 6.07 Å². The number of rotatable bonds is 2. The SMILES string of the molecule is CC1(C)Cc2cc(F)ccc2/C(=C/C(=O)c2ccc(C#N)cc2)N1. The first kappa shape index (κ1) is 15.9. The number of nitriles is 1. The molecule has 1 N–H and O–H groups in total. The van der Waals surface area contributed by atoms with Crippen LogP contribution < -0.4 is 5.32 Å². The number of allylic oxidation sites excluding steroid dienone is 1. The molecule has 3 rings (SSSR count). The molecule has 0 atom stereocenters. The summed E-state index contributed by atoms with van der Waals surface area (Å²) in [6.45, 7) is 4.03. The highest BCUT2D eigenvalue weighted by molar-refractivity contribution is 6.08. The van der Waals surface area contributed by atoms with Gasteiger partial charge < -0.3 is 5.32 Å². The van der Waals surface area contributed by atoms with Gasteiger partial charge in [0.1, 0.15) is 5.82 Å². The highest BCUT2D eigenvalue weighted by Crippen LogP contribution is 2.30. The number of carbonyl (C=O) groups is 1. The molecule has 120 valence electrons. The highest BCUT2D eigenvalue weighted by atomic mass is 19.1. The van der Waals surface area contributed by atoms with Crippen molar-refractivity contribution in [2.45, 2.75) is 25.8 Å². The van der Waals surface area contributed by atoms with E-state index in [0.717, 1.165) is 11.1 Å². The molecule has 0 spiro atoms. The summed E-state index contributed by atoms with van der Waals surface area (Å²) >= 11 is 0. The maximum Gasteiger partial charge on any atom is 0.187 e. The summed E-state index contributed by atoms with van der Waals surface area (Å²) in [6, 6.07) is 13.2. The molecule has 4 heteroatoms. The van der Waals surface area contributed by atoms with Gasteiger partial charge >= 0.3 is 0 Å².